The van der Waals surface area contributed by atoms with E-state index in [-0.39, 0.29) is 12.1 Å². The van der Waals surface area contributed by atoms with E-state index in [1.807, 2.05) is 54.3 Å². The Morgan fingerprint density at radius 2 is 2.04 bits per heavy atom. The molecule has 144 valence electrons. The maximum absolute atomic E-state index is 12.9. The quantitative estimate of drug-likeness (QED) is 0.738. The fourth-order valence-corrected chi connectivity index (χ4v) is 3.76. The van der Waals surface area contributed by atoms with E-state index < -0.39 is 0 Å². The van der Waals surface area contributed by atoms with Crippen molar-refractivity contribution in [2.24, 2.45) is 0 Å². The van der Waals surface area contributed by atoms with E-state index in [4.69, 9.17) is 0 Å². The molecule has 0 aliphatic carbocycles. The molecule has 7 nitrogen and oxygen atoms in total. The molecule has 28 heavy (non-hydrogen) atoms. The summed E-state index contributed by atoms with van der Waals surface area (Å²) in [5.74, 6) is 0.696. The largest absolute Gasteiger partial charge is 0.322 e. The maximum Gasteiger partial charge on any atom is 0.322 e. The Bertz CT molecular complexity index is 939. The average molecular weight is 376 g/mol. The topological polar surface area (TPSA) is 75.9 Å². The first kappa shape index (κ1) is 18.2. The van der Waals surface area contributed by atoms with E-state index in [0.29, 0.717) is 12.4 Å². The number of aryl methyl sites for hydroxylation is 1. The predicted octanol–water partition coefficient (Wildman–Crippen LogP) is 3.60. The number of anilines is 1. The molecule has 1 aliphatic rings. The van der Waals surface area contributed by atoms with Crippen LogP contribution in [-0.2, 0) is 13.0 Å². The second kappa shape index (κ2) is 8.21. The van der Waals surface area contributed by atoms with Crippen LogP contribution in [0.4, 0.5) is 10.5 Å². The van der Waals surface area contributed by atoms with Gasteiger partial charge in [-0.1, -0.05) is 42.5 Å². The van der Waals surface area contributed by atoms with Gasteiger partial charge in [-0.2, -0.15) is 0 Å². The molecule has 2 amide bonds. The third-order valence-corrected chi connectivity index (χ3v) is 5.16. The highest BCUT2D eigenvalue weighted by Crippen LogP contribution is 2.24. The smallest absolute Gasteiger partial charge is 0.321 e. The second-order valence-electron chi connectivity index (χ2n) is 7.01. The first-order chi connectivity index (χ1) is 13.7. The molecule has 4 rings (SSSR count). The SMILES string of the molecule is CCn1nnnc1-c1cccc(NC(=O)N2CCCC2Cc2ccccc2)c1. The molecular formula is C21H24N6O. The highest BCUT2D eigenvalue weighted by Gasteiger charge is 2.28. The number of carbonyl (C=O) groups excluding carboxylic acids is 1. The zero-order valence-corrected chi connectivity index (χ0v) is 16.0. The molecular weight excluding hydrogens is 352 g/mol. The molecule has 0 saturated carbocycles. The number of hydrogen-bond acceptors (Lipinski definition) is 4. The molecule has 1 N–H and O–H groups in total. The average Bonchev–Trinajstić information content (AvgIpc) is 3.38. The Balaban J connectivity index is 1.46. The Morgan fingerprint density at radius 1 is 1.18 bits per heavy atom. The predicted molar refractivity (Wildman–Crippen MR) is 108 cm³/mol. The third kappa shape index (κ3) is 3.88. The zero-order valence-electron chi connectivity index (χ0n) is 16.0. The van der Waals surface area contributed by atoms with Crippen LogP contribution in [0, 0.1) is 0 Å². The first-order valence-electron chi connectivity index (χ1n) is 9.72. The molecule has 2 heterocycles. The summed E-state index contributed by atoms with van der Waals surface area (Å²) in [6.07, 6.45) is 2.96. The van der Waals surface area contributed by atoms with E-state index in [1.165, 1.54) is 5.56 Å². The molecule has 2 aromatic carbocycles. The van der Waals surface area contributed by atoms with Gasteiger partial charge in [0.1, 0.15) is 0 Å². The molecule has 7 heteroatoms. The summed E-state index contributed by atoms with van der Waals surface area (Å²) >= 11 is 0. The van der Waals surface area contributed by atoms with Crippen LogP contribution in [0.2, 0.25) is 0 Å². The van der Waals surface area contributed by atoms with Crippen molar-refractivity contribution < 1.29 is 4.79 Å². The third-order valence-electron chi connectivity index (χ3n) is 5.16. The first-order valence-corrected chi connectivity index (χ1v) is 9.72. The lowest BCUT2D eigenvalue weighted by atomic mass is 10.0. The van der Waals surface area contributed by atoms with Crippen LogP contribution in [0.15, 0.2) is 54.6 Å². The highest BCUT2D eigenvalue weighted by molar-refractivity contribution is 5.90. The summed E-state index contributed by atoms with van der Waals surface area (Å²) in [6.45, 7) is 3.47. The van der Waals surface area contributed by atoms with Crippen molar-refractivity contribution >= 4 is 11.7 Å². The Kier molecular flexibility index (Phi) is 5.32. The van der Waals surface area contributed by atoms with Gasteiger partial charge in [0.15, 0.2) is 5.82 Å². The number of likely N-dealkylation sites (tertiary alicyclic amines) is 1. The summed E-state index contributed by atoms with van der Waals surface area (Å²) in [6, 6.07) is 18.2. The summed E-state index contributed by atoms with van der Waals surface area (Å²) in [5.41, 5.74) is 2.89. The Morgan fingerprint density at radius 3 is 2.86 bits per heavy atom. The second-order valence-corrected chi connectivity index (χ2v) is 7.01. The number of aromatic nitrogens is 4. The van der Waals surface area contributed by atoms with Crippen molar-refractivity contribution in [3.63, 3.8) is 0 Å². The Hall–Kier alpha value is -3.22. The van der Waals surface area contributed by atoms with E-state index in [1.54, 1.807) is 4.68 Å². The van der Waals surface area contributed by atoms with Crippen LogP contribution in [0.3, 0.4) is 0 Å². The molecule has 0 radical (unpaired) electrons. The number of carbonyl (C=O) groups is 1. The number of tetrazole rings is 1. The normalized spacial score (nSPS) is 16.3. The van der Waals surface area contributed by atoms with Crippen molar-refractivity contribution in [2.45, 2.75) is 38.8 Å². The molecule has 1 atom stereocenters. The number of benzene rings is 2. The molecule has 1 saturated heterocycles. The van der Waals surface area contributed by atoms with E-state index in [9.17, 15) is 4.79 Å². The number of hydrogen-bond donors (Lipinski definition) is 1. The summed E-state index contributed by atoms with van der Waals surface area (Å²) in [7, 11) is 0. The standard InChI is InChI=1S/C21H24N6O/c1-2-27-20(23-24-25-27)17-10-6-11-18(15-17)22-21(28)26-13-7-12-19(26)14-16-8-4-3-5-9-16/h3-6,8-11,15,19H,2,7,12-14H2,1H3,(H,22,28). The van der Waals surface area contributed by atoms with Gasteiger partial charge < -0.3 is 10.2 Å². The lowest BCUT2D eigenvalue weighted by Crippen LogP contribution is -2.39. The number of nitrogens with zero attached hydrogens (tertiary/aromatic N) is 5. The van der Waals surface area contributed by atoms with Crippen LogP contribution in [0.5, 0.6) is 0 Å². The number of urea groups is 1. The van der Waals surface area contributed by atoms with Crippen LogP contribution in [-0.4, -0.2) is 43.7 Å². The van der Waals surface area contributed by atoms with Gasteiger partial charge in [0.25, 0.3) is 0 Å². The van der Waals surface area contributed by atoms with Crippen molar-refractivity contribution in [1.82, 2.24) is 25.1 Å². The van der Waals surface area contributed by atoms with Gasteiger partial charge in [-0.15, -0.1) is 5.10 Å². The molecule has 1 aromatic heterocycles. The van der Waals surface area contributed by atoms with Crippen LogP contribution >= 0.6 is 0 Å². The van der Waals surface area contributed by atoms with Crippen LogP contribution < -0.4 is 5.32 Å². The van der Waals surface area contributed by atoms with Gasteiger partial charge in [0.05, 0.1) is 0 Å². The van der Waals surface area contributed by atoms with Crippen molar-refractivity contribution in [3.05, 3.63) is 60.2 Å². The highest BCUT2D eigenvalue weighted by atomic mass is 16.2. The number of rotatable bonds is 5. The van der Waals surface area contributed by atoms with Crippen LogP contribution in [0.25, 0.3) is 11.4 Å². The van der Waals surface area contributed by atoms with Crippen molar-refractivity contribution in [2.75, 3.05) is 11.9 Å². The van der Waals surface area contributed by atoms with Gasteiger partial charge >= 0.3 is 6.03 Å². The molecule has 0 bridgehead atoms. The molecule has 0 spiro atoms. The number of amides is 2. The van der Waals surface area contributed by atoms with Crippen molar-refractivity contribution in [3.8, 4) is 11.4 Å². The van der Waals surface area contributed by atoms with Gasteiger partial charge in [-0.3, -0.25) is 0 Å². The number of nitrogens with one attached hydrogen (secondary N) is 1. The molecule has 1 unspecified atom stereocenters. The Labute approximate surface area is 164 Å². The minimum atomic E-state index is -0.0503. The van der Waals surface area contributed by atoms with E-state index in [2.05, 4.69) is 33.0 Å². The lowest BCUT2D eigenvalue weighted by Gasteiger charge is -2.25. The zero-order chi connectivity index (χ0) is 19.3. The van der Waals surface area contributed by atoms with E-state index >= 15 is 0 Å². The minimum Gasteiger partial charge on any atom is -0.321 e. The van der Waals surface area contributed by atoms with Gasteiger partial charge in [-0.05, 0) is 54.3 Å². The van der Waals surface area contributed by atoms with Crippen molar-refractivity contribution in [1.29, 1.82) is 0 Å². The minimum absolute atomic E-state index is 0.0503. The summed E-state index contributed by atoms with van der Waals surface area (Å²) < 4.78 is 1.73. The lowest BCUT2D eigenvalue weighted by molar-refractivity contribution is 0.206. The van der Waals surface area contributed by atoms with E-state index in [0.717, 1.165) is 37.1 Å². The summed E-state index contributed by atoms with van der Waals surface area (Å²) in [4.78, 5) is 14.9. The molecule has 3 aromatic rings. The maximum atomic E-state index is 12.9. The molecule has 1 aliphatic heterocycles. The molecule has 1 fully saturated rings. The van der Waals surface area contributed by atoms with Gasteiger partial charge in [0.2, 0.25) is 0 Å². The summed E-state index contributed by atoms with van der Waals surface area (Å²) in [5, 5.41) is 14.9. The fraction of sp³-hybridized carbons (Fsp3) is 0.333. The monoisotopic (exact) mass is 376 g/mol. The van der Waals surface area contributed by atoms with Gasteiger partial charge in [-0.25, -0.2) is 9.48 Å². The van der Waals surface area contributed by atoms with Crippen LogP contribution in [0.1, 0.15) is 25.3 Å². The van der Waals surface area contributed by atoms with Gasteiger partial charge in [0, 0.05) is 30.4 Å². The fourth-order valence-electron chi connectivity index (χ4n) is 3.76.